The summed E-state index contributed by atoms with van der Waals surface area (Å²) in [7, 11) is 0. The maximum atomic E-state index is 12.8. The van der Waals surface area contributed by atoms with E-state index in [0.29, 0.717) is 32.7 Å². The van der Waals surface area contributed by atoms with E-state index in [2.05, 4.69) is 16.2 Å². The maximum Gasteiger partial charge on any atom is 0.416 e. The Bertz CT molecular complexity index is 689. The molecule has 2 heterocycles. The van der Waals surface area contributed by atoms with Crippen LogP contribution in [-0.2, 0) is 11.0 Å². The van der Waals surface area contributed by atoms with E-state index in [9.17, 15) is 22.8 Å². The standard InChI is InChI=1S/C18H23F3N4O2/c19-18(20,21)15-5-1-4-13(7-15)16(26)22-8-12-3-2-6-25(11-12)17(27)14-9-23-24-10-14/h1,4-5,7,12,14,23-24H,2-3,6,8-11H2,(H,22,26). The minimum absolute atomic E-state index is 0.0170. The first-order valence-electron chi connectivity index (χ1n) is 9.04. The predicted molar refractivity (Wildman–Crippen MR) is 92.6 cm³/mol. The second kappa shape index (κ2) is 8.26. The van der Waals surface area contributed by atoms with Gasteiger partial charge in [-0.3, -0.25) is 20.4 Å². The number of nitrogens with one attached hydrogen (secondary N) is 3. The lowest BCUT2D eigenvalue weighted by atomic mass is 9.96. The number of carbonyl (C=O) groups is 2. The summed E-state index contributed by atoms with van der Waals surface area (Å²) in [5.74, 6) is -0.418. The minimum atomic E-state index is -4.48. The molecular weight excluding hydrogens is 361 g/mol. The Morgan fingerprint density at radius 1 is 1.22 bits per heavy atom. The van der Waals surface area contributed by atoms with E-state index in [1.165, 1.54) is 12.1 Å². The van der Waals surface area contributed by atoms with Crippen molar-refractivity contribution >= 4 is 11.8 Å². The van der Waals surface area contributed by atoms with Crippen molar-refractivity contribution < 1.29 is 22.8 Å². The number of rotatable bonds is 4. The number of halogens is 3. The molecule has 0 spiro atoms. The topological polar surface area (TPSA) is 73.5 Å². The van der Waals surface area contributed by atoms with E-state index >= 15 is 0 Å². The van der Waals surface area contributed by atoms with Crippen LogP contribution in [0.4, 0.5) is 13.2 Å². The number of alkyl halides is 3. The summed E-state index contributed by atoms with van der Waals surface area (Å²) in [6, 6.07) is 4.38. The first-order valence-corrected chi connectivity index (χ1v) is 9.04. The van der Waals surface area contributed by atoms with Gasteiger partial charge in [0.15, 0.2) is 0 Å². The number of nitrogens with zero attached hydrogens (tertiary/aromatic N) is 1. The molecule has 1 unspecified atom stereocenters. The highest BCUT2D eigenvalue weighted by Crippen LogP contribution is 2.29. The zero-order valence-electron chi connectivity index (χ0n) is 14.8. The van der Waals surface area contributed by atoms with Crippen LogP contribution in [0.25, 0.3) is 0 Å². The summed E-state index contributed by atoms with van der Waals surface area (Å²) >= 11 is 0. The molecule has 2 aliphatic rings. The van der Waals surface area contributed by atoms with Crippen molar-refractivity contribution in [3.8, 4) is 0 Å². The zero-order chi connectivity index (χ0) is 19.4. The van der Waals surface area contributed by atoms with E-state index in [1.54, 1.807) is 0 Å². The third-order valence-corrected chi connectivity index (χ3v) is 5.01. The lowest BCUT2D eigenvalue weighted by Gasteiger charge is -2.34. The fraction of sp³-hybridized carbons (Fsp3) is 0.556. The SMILES string of the molecule is O=C(NCC1CCCN(C(=O)C2CNNC2)C1)c1cccc(C(F)(F)F)c1. The molecular formula is C18H23F3N4O2. The molecule has 3 N–H and O–H groups in total. The van der Waals surface area contributed by atoms with Gasteiger partial charge in [0.2, 0.25) is 5.91 Å². The third-order valence-electron chi connectivity index (χ3n) is 5.01. The summed E-state index contributed by atoms with van der Waals surface area (Å²) in [6.45, 7) is 2.80. The van der Waals surface area contributed by atoms with Gasteiger partial charge in [-0.05, 0) is 37.0 Å². The number of piperidine rings is 1. The average molecular weight is 384 g/mol. The molecule has 0 radical (unpaired) electrons. The Morgan fingerprint density at radius 3 is 2.67 bits per heavy atom. The van der Waals surface area contributed by atoms with Crippen molar-refractivity contribution in [2.45, 2.75) is 19.0 Å². The van der Waals surface area contributed by atoms with Gasteiger partial charge in [0.25, 0.3) is 5.91 Å². The second-order valence-corrected chi connectivity index (χ2v) is 7.04. The molecule has 3 rings (SSSR count). The fourth-order valence-electron chi connectivity index (χ4n) is 3.50. The van der Waals surface area contributed by atoms with Crippen molar-refractivity contribution in [2.75, 3.05) is 32.7 Å². The largest absolute Gasteiger partial charge is 0.416 e. The molecule has 1 aromatic carbocycles. The molecule has 0 bridgehead atoms. The van der Waals surface area contributed by atoms with Gasteiger partial charge in [-0.2, -0.15) is 13.2 Å². The van der Waals surface area contributed by atoms with Crippen LogP contribution in [0.15, 0.2) is 24.3 Å². The number of benzene rings is 1. The smallest absolute Gasteiger partial charge is 0.352 e. The van der Waals surface area contributed by atoms with Crippen LogP contribution in [0.1, 0.15) is 28.8 Å². The fourth-order valence-corrected chi connectivity index (χ4v) is 3.50. The molecule has 0 saturated carbocycles. The summed E-state index contributed by atoms with van der Waals surface area (Å²) in [4.78, 5) is 26.5. The van der Waals surface area contributed by atoms with E-state index in [0.717, 1.165) is 25.0 Å². The molecule has 148 valence electrons. The predicted octanol–water partition coefficient (Wildman–Crippen LogP) is 1.40. The van der Waals surface area contributed by atoms with Crippen LogP contribution in [0.3, 0.4) is 0 Å². The lowest BCUT2D eigenvalue weighted by Crippen LogP contribution is -2.46. The summed E-state index contributed by atoms with van der Waals surface area (Å²) in [5, 5.41) is 2.71. The Hall–Kier alpha value is -2.13. The second-order valence-electron chi connectivity index (χ2n) is 7.04. The summed E-state index contributed by atoms with van der Waals surface area (Å²) in [5.41, 5.74) is 5.02. The van der Waals surface area contributed by atoms with Crippen LogP contribution >= 0.6 is 0 Å². The molecule has 0 aromatic heterocycles. The lowest BCUT2D eigenvalue weighted by molar-refractivity contribution is -0.138. The molecule has 6 nitrogen and oxygen atoms in total. The van der Waals surface area contributed by atoms with Crippen LogP contribution in [0.2, 0.25) is 0 Å². The average Bonchev–Trinajstić information content (AvgIpc) is 3.20. The highest BCUT2D eigenvalue weighted by molar-refractivity contribution is 5.94. The first-order chi connectivity index (χ1) is 12.8. The van der Waals surface area contributed by atoms with E-state index in [1.807, 2.05) is 4.90 Å². The third kappa shape index (κ3) is 4.98. The van der Waals surface area contributed by atoms with E-state index < -0.39 is 17.6 Å². The molecule has 1 atom stereocenters. The first kappa shape index (κ1) is 19.6. The van der Waals surface area contributed by atoms with Crippen LogP contribution in [0.5, 0.6) is 0 Å². The van der Waals surface area contributed by atoms with Gasteiger partial charge < -0.3 is 10.2 Å². The van der Waals surface area contributed by atoms with Crippen molar-refractivity contribution in [3.05, 3.63) is 35.4 Å². The van der Waals surface area contributed by atoms with E-state index in [4.69, 9.17) is 0 Å². The van der Waals surface area contributed by atoms with Gasteiger partial charge in [0, 0.05) is 38.3 Å². The number of hydrogen-bond donors (Lipinski definition) is 3. The van der Waals surface area contributed by atoms with Crippen molar-refractivity contribution in [3.63, 3.8) is 0 Å². The Balaban J connectivity index is 1.53. The molecule has 27 heavy (non-hydrogen) atoms. The van der Waals surface area contributed by atoms with Crippen LogP contribution < -0.4 is 16.2 Å². The maximum absolute atomic E-state index is 12.8. The van der Waals surface area contributed by atoms with Crippen LogP contribution in [0, 0.1) is 11.8 Å². The Labute approximate surface area is 155 Å². The van der Waals surface area contributed by atoms with Crippen LogP contribution in [-0.4, -0.2) is 49.4 Å². The molecule has 2 saturated heterocycles. The molecule has 1 aromatic rings. The summed E-state index contributed by atoms with van der Waals surface area (Å²) in [6.07, 6.45) is -2.76. The van der Waals surface area contributed by atoms with Crippen molar-refractivity contribution in [1.82, 2.24) is 21.1 Å². The molecule has 0 aliphatic carbocycles. The highest BCUT2D eigenvalue weighted by Gasteiger charge is 2.32. The number of likely N-dealkylation sites (tertiary alicyclic amines) is 1. The van der Waals surface area contributed by atoms with Gasteiger partial charge >= 0.3 is 6.18 Å². The number of amides is 2. The van der Waals surface area contributed by atoms with Gasteiger partial charge in [-0.15, -0.1) is 0 Å². The van der Waals surface area contributed by atoms with Gasteiger partial charge in [-0.25, -0.2) is 0 Å². The van der Waals surface area contributed by atoms with Crippen molar-refractivity contribution in [2.24, 2.45) is 11.8 Å². The molecule has 2 aliphatic heterocycles. The normalized spacial score (nSPS) is 21.3. The quantitative estimate of drug-likeness (QED) is 0.734. The number of hydrogen-bond acceptors (Lipinski definition) is 4. The van der Waals surface area contributed by atoms with Crippen molar-refractivity contribution in [1.29, 1.82) is 0 Å². The molecule has 2 amide bonds. The zero-order valence-corrected chi connectivity index (χ0v) is 14.8. The Morgan fingerprint density at radius 2 is 1.96 bits per heavy atom. The molecule has 9 heteroatoms. The van der Waals surface area contributed by atoms with E-state index in [-0.39, 0.29) is 23.3 Å². The number of carbonyl (C=O) groups excluding carboxylic acids is 2. The highest BCUT2D eigenvalue weighted by atomic mass is 19.4. The minimum Gasteiger partial charge on any atom is -0.352 e. The summed E-state index contributed by atoms with van der Waals surface area (Å²) < 4.78 is 38.3. The Kier molecular flexibility index (Phi) is 6.01. The molecule has 2 fully saturated rings. The van der Waals surface area contributed by atoms with Gasteiger partial charge in [0.1, 0.15) is 0 Å². The van der Waals surface area contributed by atoms with Gasteiger partial charge in [-0.1, -0.05) is 6.07 Å². The number of hydrazine groups is 1. The van der Waals surface area contributed by atoms with Gasteiger partial charge in [0.05, 0.1) is 11.5 Å². The monoisotopic (exact) mass is 384 g/mol.